The van der Waals surface area contributed by atoms with Crippen LogP contribution in [0.1, 0.15) is 27.7 Å². The largest absolute Gasteiger partial charge is 0.360 e. The lowest BCUT2D eigenvalue weighted by molar-refractivity contribution is -0.914. The molecule has 3 amide bonds. The van der Waals surface area contributed by atoms with Gasteiger partial charge in [0.25, 0.3) is 5.91 Å². The molecule has 1 saturated heterocycles. The zero-order valence-electron chi connectivity index (χ0n) is 15.4. The van der Waals surface area contributed by atoms with Gasteiger partial charge in [-0.3, -0.25) is 10.1 Å². The number of halogens is 1. The van der Waals surface area contributed by atoms with E-state index < -0.39 is 6.03 Å². The Kier molecular flexibility index (Phi) is 6.00. The van der Waals surface area contributed by atoms with Crippen LogP contribution in [-0.4, -0.2) is 49.7 Å². The summed E-state index contributed by atoms with van der Waals surface area (Å²) in [5.41, 5.74) is 0.600. The molecule has 0 aliphatic carbocycles. The van der Waals surface area contributed by atoms with Crippen molar-refractivity contribution in [2.75, 3.05) is 31.1 Å². The van der Waals surface area contributed by atoms with E-state index in [4.69, 9.17) is 0 Å². The van der Waals surface area contributed by atoms with Crippen LogP contribution in [0.15, 0.2) is 24.3 Å². The first-order chi connectivity index (χ1) is 11.7. The van der Waals surface area contributed by atoms with E-state index in [0.717, 1.165) is 36.8 Å². The molecule has 1 atom stereocenters. The maximum absolute atomic E-state index is 13.0. The van der Waals surface area contributed by atoms with E-state index >= 15 is 0 Å². The standard InChI is InChI=1S/C18H27FN4O2/c1-13(16(24)20-17(25)21-18(2,3)4)22-9-11-23(12-10-22)15-7-5-14(19)6-8-15/h5-8,13H,9-12H2,1-4H3,(H2,20,21,24,25)/p+1/t13-/m0/s1. The Morgan fingerprint density at radius 1 is 1.16 bits per heavy atom. The van der Waals surface area contributed by atoms with Crippen LogP contribution in [0.2, 0.25) is 0 Å². The number of carbonyl (C=O) groups excluding carboxylic acids is 2. The third-order valence-electron chi connectivity index (χ3n) is 4.33. The SMILES string of the molecule is C[C@@H](C(=O)NC(=O)NC(C)(C)C)[NH+]1CCN(c2ccc(F)cc2)CC1. The van der Waals surface area contributed by atoms with Crippen molar-refractivity contribution < 1.29 is 18.9 Å². The molecular formula is C18H28FN4O2+. The summed E-state index contributed by atoms with van der Waals surface area (Å²) in [6.45, 7) is 10.6. The van der Waals surface area contributed by atoms with Crippen LogP contribution >= 0.6 is 0 Å². The number of piperazine rings is 1. The molecule has 3 N–H and O–H groups in total. The van der Waals surface area contributed by atoms with Gasteiger partial charge >= 0.3 is 6.03 Å². The molecule has 0 unspecified atom stereocenters. The molecular weight excluding hydrogens is 323 g/mol. The maximum atomic E-state index is 13.0. The van der Waals surface area contributed by atoms with Crippen molar-refractivity contribution in [3.8, 4) is 0 Å². The quantitative estimate of drug-likeness (QED) is 0.745. The minimum atomic E-state index is -0.464. The van der Waals surface area contributed by atoms with E-state index in [1.54, 1.807) is 12.1 Å². The highest BCUT2D eigenvalue weighted by Crippen LogP contribution is 2.14. The zero-order valence-corrected chi connectivity index (χ0v) is 15.4. The second-order valence-corrected chi connectivity index (χ2v) is 7.54. The Balaban J connectivity index is 1.84. The van der Waals surface area contributed by atoms with Gasteiger partial charge in [0.1, 0.15) is 5.82 Å². The summed E-state index contributed by atoms with van der Waals surface area (Å²) in [5, 5.41) is 5.14. The number of amides is 3. The summed E-state index contributed by atoms with van der Waals surface area (Å²) in [7, 11) is 0. The summed E-state index contributed by atoms with van der Waals surface area (Å²) >= 11 is 0. The monoisotopic (exact) mass is 351 g/mol. The van der Waals surface area contributed by atoms with Gasteiger partial charge in [0.05, 0.1) is 26.2 Å². The van der Waals surface area contributed by atoms with Crippen molar-refractivity contribution in [1.82, 2.24) is 10.6 Å². The van der Waals surface area contributed by atoms with E-state index in [1.165, 1.54) is 12.1 Å². The molecule has 0 saturated carbocycles. The Hall–Kier alpha value is -2.15. The van der Waals surface area contributed by atoms with Crippen LogP contribution < -0.4 is 20.4 Å². The fourth-order valence-electron chi connectivity index (χ4n) is 2.91. The van der Waals surface area contributed by atoms with Gasteiger partial charge in [-0.15, -0.1) is 0 Å². The third-order valence-corrected chi connectivity index (χ3v) is 4.33. The van der Waals surface area contributed by atoms with Crippen molar-refractivity contribution in [2.45, 2.75) is 39.3 Å². The second-order valence-electron chi connectivity index (χ2n) is 7.54. The van der Waals surface area contributed by atoms with Gasteiger partial charge in [-0.25, -0.2) is 9.18 Å². The summed E-state index contributed by atoms with van der Waals surface area (Å²) < 4.78 is 13.0. The lowest BCUT2D eigenvalue weighted by atomic mass is 10.1. The van der Waals surface area contributed by atoms with Crippen LogP contribution in [0, 0.1) is 5.82 Å². The van der Waals surface area contributed by atoms with E-state index in [-0.39, 0.29) is 23.3 Å². The molecule has 2 rings (SSSR count). The van der Waals surface area contributed by atoms with Gasteiger partial charge in [0, 0.05) is 11.2 Å². The van der Waals surface area contributed by atoms with Crippen LogP contribution in [0.25, 0.3) is 0 Å². The van der Waals surface area contributed by atoms with Crippen molar-refractivity contribution in [2.24, 2.45) is 0 Å². The smallest absolute Gasteiger partial charge is 0.322 e. The van der Waals surface area contributed by atoms with Gasteiger partial charge < -0.3 is 15.1 Å². The molecule has 1 aromatic carbocycles. The van der Waals surface area contributed by atoms with Crippen molar-refractivity contribution in [1.29, 1.82) is 0 Å². The van der Waals surface area contributed by atoms with E-state index in [0.29, 0.717) is 0 Å². The molecule has 0 radical (unpaired) electrons. The molecule has 1 aliphatic heterocycles. The number of hydrogen-bond donors (Lipinski definition) is 3. The van der Waals surface area contributed by atoms with E-state index in [2.05, 4.69) is 15.5 Å². The van der Waals surface area contributed by atoms with Crippen molar-refractivity contribution in [3.05, 3.63) is 30.1 Å². The predicted molar refractivity (Wildman–Crippen MR) is 95.2 cm³/mol. The fraction of sp³-hybridized carbons (Fsp3) is 0.556. The maximum Gasteiger partial charge on any atom is 0.322 e. The molecule has 6 nitrogen and oxygen atoms in total. The molecule has 1 aliphatic rings. The molecule has 1 fully saturated rings. The molecule has 0 spiro atoms. The van der Waals surface area contributed by atoms with Gasteiger partial charge in [0.15, 0.2) is 6.04 Å². The second kappa shape index (κ2) is 7.82. The summed E-state index contributed by atoms with van der Waals surface area (Å²) in [6.07, 6.45) is 0. The molecule has 1 aromatic rings. The van der Waals surface area contributed by atoms with Crippen molar-refractivity contribution >= 4 is 17.6 Å². The first kappa shape index (κ1) is 19.2. The average molecular weight is 351 g/mol. The van der Waals surface area contributed by atoms with Gasteiger partial charge in [-0.05, 0) is 52.0 Å². The molecule has 0 bridgehead atoms. The number of carbonyl (C=O) groups is 2. The summed E-state index contributed by atoms with van der Waals surface area (Å²) in [6, 6.07) is 5.69. The Morgan fingerprint density at radius 3 is 2.24 bits per heavy atom. The highest BCUT2D eigenvalue weighted by Gasteiger charge is 2.30. The number of anilines is 1. The zero-order chi connectivity index (χ0) is 18.6. The highest BCUT2D eigenvalue weighted by molar-refractivity contribution is 5.96. The normalized spacial score (nSPS) is 17.1. The Labute approximate surface area is 148 Å². The lowest BCUT2D eigenvalue weighted by Gasteiger charge is -2.36. The molecule has 0 aromatic heterocycles. The van der Waals surface area contributed by atoms with Crippen LogP contribution in [0.3, 0.4) is 0 Å². The van der Waals surface area contributed by atoms with Crippen LogP contribution in [-0.2, 0) is 4.79 Å². The number of quaternary nitrogens is 1. The summed E-state index contributed by atoms with van der Waals surface area (Å²) in [5.74, 6) is -0.515. The number of hydrogen-bond acceptors (Lipinski definition) is 3. The number of nitrogens with one attached hydrogen (secondary N) is 3. The Morgan fingerprint density at radius 2 is 1.72 bits per heavy atom. The number of imide groups is 1. The fourth-order valence-corrected chi connectivity index (χ4v) is 2.91. The van der Waals surface area contributed by atoms with Gasteiger partial charge in [0.2, 0.25) is 0 Å². The number of benzene rings is 1. The van der Waals surface area contributed by atoms with Crippen LogP contribution in [0.4, 0.5) is 14.9 Å². The highest BCUT2D eigenvalue weighted by atomic mass is 19.1. The summed E-state index contributed by atoms with van der Waals surface area (Å²) in [4.78, 5) is 27.4. The average Bonchev–Trinajstić information content (AvgIpc) is 2.53. The predicted octanol–water partition coefficient (Wildman–Crippen LogP) is 0.543. The third kappa shape index (κ3) is 5.70. The van der Waals surface area contributed by atoms with Crippen molar-refractivity contribution in [3.63, 3.8) is 0 Å². The molecule has 138 valence electrons. The number of nitrogens with zero attached hydrogens (tertiary/aromatic N) is 1. The number of urea groups is 1. The van der Waals surface area contributed by atoms with Gasteiger partial charge in [-0.1, -0.05) is 0 Å². The minimum absolute atomic E-state index is 0.244. The topological polar surface area (TPSA) is 65.9 Å². The van der Waals surface area contributed by atoms with E-state index in [9.17, 15) is 14.0 Å². The van der Waals surface area contributed by atoms with E-state index in [1.807, 2.05) is 27.7 Å². The first-order valence-electron chi connectivity index (χ1n) is 8.64. The molecule has 7 heteroatoms. The molecule has 1 heterocycles. The molecule has 25 heavy (non-hydrogen) atoms. The van der Waals surface area contributed by atoms with Gasteiger partial charge in [-0.2, -0.15) is 0 Å². The Bertz CT molecular complexity index is 604. The lowest BCUT2D eigenvalue weighted by Crippen LogP contribution is -3.19. The van der Waals surface area contributed by atoms with Crippen LogP contribution in [0.5, 0.6) is 0 Å². The first-order valence-corrected chi connectivity index (χ1v) is 8.64. The number of rotatable bonds is 3. The minimum Gasteiger partial charge on any atom is -0.360 e.